The summed E-state index contributed by atoms with van der Waals surface area (Å²) in [6.45, 7) is 0. The van der Waals surface area contributed by atoms with E-state index in [1.54, 1.807) is 0 Å². The fraction of sp³-hybridized carbons (Fsp3) is 0.0909. The third kappa shape index (κ3) is 3.39. The van der Waals surface area contributed by atoms with Crippen molar-refractivity contribution in [2.45, 2.75) is 5.16 Å². The molecule has 0 unspecified atom stereocenters. The van der Waals surface area contributed by atoms with Gasteiger partial charge in [0.25, 0.3) is 0 Å². The van der Waals surface area contributed by atoms with Gasteiger partial charge in [-0.05, 0) is 24.3 Å². The quantitative estimate of drug-likeness (QED) is 0.882. The molecular formula is C11H9ClFN3O2S. The molecule has 0 bridgehead atoms. The minimum Gasteiger partial charge on any atom is -0.340 e. The molecule has 0 aliphatic rings. The van der Waals surface area contributed by atoms with Crippen molar-refractivity contribution < 1.29 is 12.8 Å². The Bertz CT molecular complexity index is 722. The molecule has 0 aliphatic carbocycles. The molecule has 0 spiro atoms. The van der Waals surface area contributed by atoms with Crippen molar-refractivity contribution in [3.8, 4) is 0 Å². The SMILES string of the molecule is CS(=O)(=O)c1nccc(Nc2ccc(F)c(Cl)c2)n1. The highest BCUT2D eigenvalue weighted by Gasteiger charge is 2.11. The molecule has 19 heavy (non-hydrogen) atoms. The Morgan fingerprint density at radius 1 is 1.32 bits per heavy atom. The highest BCUT2D eigenvalue weighted by atomic mass is 35.5. The summed E-state index contributed by atoms with van der Waals surface area (Å²) in [5.41, 5.74) is 0.490. The van der Waals surface area contributed by atoms with E-state index in [4.69, 9.17) is 11.6 Å². The van der Waals surface area contributed by atoms with Crippen molar-refractivity contribution in [1.29, 1.82) is 0 Å². The maximum atomic E-state index is 13.0. The molecule has 2 aromatic rings. The van der Waals surface area contributed by atoms with Crippen LogP contribution < -0.4 is 5.32 Å². The number of nitrogens with zero attached hydrogens (tertiary/aromatic N) is 2. The molecule has 1 N–H and O–H groups in total. The summed E-state index contributed by atoms with van der Waals surface area (Å²) in [5.74, 6) is -0.259. The summed E-state index contributed by atoms with van der Waals surface area (Å²) in [6.07, 6.45) is 2.33. The Morgan fingerprint density at radius 2 is 2.05 bits per heavy atom. The van der Waals surface area contributed by atoms with Crippen LogP contribution in [0.2, 0.25) is 5.02 Å². The van der Waals surface area contributed by atoms with Gasteiger partial charge in [0.05, 0.1) is 5.02 Å². The van der Waals surface area contributed by atoms with Crippen LogP contribution in [0.3, 0.4) is 0 Å². The highest BCUT2D eigenvalue weighted by molar-refractivity contribution is 7.90. The van der Waals surface area contributed by atoms with Gasteiger partial charge in [-0.1, -0.05) is 11.6 Å². The van der Waals surface area contributed by atoms with Crippen LogP contribution in [0.25, 0.3) is 0 Å². The molecule has 0 atom stereocenters. The molecule has 5 nitrogen and oxygen atoms in total. The number of aromatic nitrogens is 2. The molecule has 1 aromatic heterocycles. The van der Waals surface area contributed by atoms with Gasteiger partial charge in [0.2, 0.25) is 15.0 Å². The Morgan fingerprint density at radius 3 is 2.68 bits per heavy atom. The number of nitrogens with one attached hydrogen (secondary N) is 1. The average molecular weight is 302 g/mol. The van der Waals surface area contributed by atoms with Crippen LogP contribution in [0, 0.1) is 5.82 Å². The van der Waals surface area contributed by atoms with Crippen LogP contribution >= 0.6 is 11.6 Å². The van der Waals surface area contributed by atoms with Gasteiger partial charge in [-0.3, -0.25) is 0 Å². The molecule has 0 fully saturated rings. The van der Waals surface area contributed by atoms with Gasteiger partial charge in [-0.25, -0.2) is 22.8 Å². The Hall–Kier alpha value is -1.73. The lowest BCUT2D eigenvalue weighted by Gasteiger charge is -2.06. The number of sulfone groups is 1. The number of benzene rings is 1. The summed E-state index contributed by atoms with van der Waals surface area (Å²) in [5, 5.41) is 2.49. The summed E-state index contributed by atoms with van der Waals surface area (Å²) in [7, 11) is -3.48. The molecule has 0 amide bonds. The van der Waals surface area contributed by atoms with Gasteiger partial charge in [0.15, 0.2) is 0 Å². The smallest absolute Gasteiger partial charge is 0.248 e. The van der Waals surface area contributed by atoms with Gasteiger partial charge in [0.1, 0.15) is 11.6 Å². The fourth-order valence-corrected chi connectivity index (χ4v) is 2.01. The Balaban J connectivity index is 2.31. The molecule has 1 aromatic carbocycles. The number of rotatable bonds is 3. The first kappa shape index (κ1) is 13.7. The van der Waals surface area contributed by atoms with Crippen LogP contribution in [0.4, 0.5) is 15.9 Å². The second kappa shape index (κ2) is 5.10. The van der Waals surface area contributed by atoms with E-state index in [0.29, 0.717) is 5.69 Å². The van der Waals surface area contributed by atoms with Crippen LogP contribution in [-0.4, -0.2) is 24.6 Å². The van der Waals surface area contributed by atoms with E-state index in [-0.39, 0.29) is 16.0 Å². The monoisotopic (exact) mass is 301 g/mol. The van der Waals surface area contributed by atoms with E-state index in [0.717, 1.165) is 6.26 Å². The van der Waals surface area contributed by atoms with E-state index < -0.39 is 15.7 Å². The van der Waals surface area contributed by atoms with E-state index >= 15 is 0 Å². The van der Waals surface area contributed by atoms with Gasteiger partial charge in [-0.2, -0.15) is 0 Å². The first-order chi connectivity index (χ1) is 8.86. The fourth-order valence-electron chi connectivity index (χ4n) is 1.31. The molecule has 0 saturated heterocycles. The molecule has 100 valence electrons. The third-order valence-electron chi connectivity index (χ3n) is 2.16. The van der Waals surface area contributed by atoms with Gasteiger partial charge in [-0.15, -0.1) is 0 Å². The molecule has 8 heteroatoms. The van der Waals surface area contributed by atoms with E-state index in [9.17, 15) is 12.8 Å². The predicted octanol–water partition coefficient (Wildman–Crippen LogP) is 2.42. The zero-order valence-corrected chi connectivity index (χ0v) is 11.3. The number of hydrogen-bond acceptors (Lipinski definition) is 5. The Labute approximate surface area is 114 Å². The van der Waals surface area contributed by atoms with Gasteiger partial charge in [0, 0.05) is 18.1 Å². The molecular weight excluding hydrogens is 293 g/mol. The van der Waals surface area contributed by atoms with Crippen LogP contribution in [0.15, 0.2) is 35.6 Å². The molecule has 0 radical (unpaired) electrons. The predicted molar refractivity (Wildman–Crippen MR) is 69.8 cm³/mol. The van der Waals surface area contributed by atoms with Crippen molar-refractivity contribution in [1.82, 2.24) is 9.97 Å². The first-order valence-electron chi connectivity index (χ1n) is 5.11. The zero-order valence-electron chi connectivity index (χ0n) is 9.76. The minimum atomic E-state index is -3.48. The normalized spacial score (nSPS) is 11.3. The van der Waals surface area contributed by atoms with Crippen molar-refractivity contribution >= 4 is 32.9 Å². The lowest BCUT2D eigenvalue weighted by molar-refractivity contribution is 0.593. The molecule has 0 saturated carbocycles. The Kier molecular flexibility index (Phi) is 3.68. The molecule has 2 rings (SSSR count). The number of hydrogen-bond donors (Lipinski definition) is 1. The van der Waals surface area contributed by atoms with Crippen molar-refractivity contribution in [2.24, 2.45) is 0 Å². The van der Waals surface area contributed by atoms with Crippen LogP contribution in [0.1, 0.15) is 0 Å². The van der Waals surface area contributed by atoms with Gasteiger partial charge >= 0.3 is 0 Å². The second-order valence-corrected chi connectivity index (χ2v) is 6.07. The molecule has 0 aliphatic heterocycles. The molecule has 1 heterocycles. The van der Waals surface area contributed by atoms with E-state index in [1.807, 2.05) is 0 Å². The van der Waals surface area contributed by atoms with Crippen LogP contribution in [-0.2, 0) is 9.84 Å². The number of anilines is 2. The van der Waals surface area contributed by atoms with E-state index in [1.165, 1.54) is 30.5 Å². The second-order valence-electron chi connectivity index (χ2n) is 3.75. The van der Waals surface area contributed by atoms with E-state index in [2.05, 4.69) is 15.3 Å². The maximum Gasteiger partial charge on any atom is 0.248 e. The summed E-state index contributed by atoms with van der Waals surface area (Å²) in [6, 6.07) is 5.53. The minimum absolute atomic E-state index is 0.0395. The first-order valence-corrected chi connectivity index (χ1v) is 7.38. The maximum absolute atomic E-state index is 13.0. The summed E-state index contributed by atoms with van der Waals surface area (Å²) < 4.78 is 35.6. The van der Waals surface area contributed by atoms with Crippen molar-refractivity contribution in [2.75, 3.05) is 11.6 Å². The third-order valence-corrected chi connectivity index (χ3v) is 3.31. The van der Waals surface area contributed by atoms with Gasteiger partial charge < -0.3 is 5.32 Å². The zero-order chi connectivity index (χ0) is 14.0. The van der Waals surface area contributed by atoms with Crippen LogP contribution in [0.5, 0.6) is 0 Å². The van der Waals surface area contributed by atoms with Crippen molar-refractivity contribution in [3.05, 3.63) is 41.3 Å². The summed E-state index contributed by atoms with van der Waals surface area (Å²) in [4.78, 5) is 7.50. The highest BCUT2D eigenvalue weighted by Crippen LogP contribution is 2.22. The standard InChI is InChI=1S/C11H9ClFN3O2S/c1-19(17,18)11-14-5-4-10(16-11)15-7-2-3-9(13)8(12)6-7/h2-6H,1H3,(H,14,15,16). The number of halogens is 2. The lowest BCUT2D eigenvalue weighted by atomic mass is 10.3. The topological polar surface area (TPSA) is 72.0 Å². The largest absolute Gasteiger partial charge is 0.340 e. The lowest BCUT2D eigenvalue weighted by Crippen LogP contribution is -2.05. The van der Waals surface area contributed by atoms with Crippen molar-refractivity contribution in [3.63, 3.8) is 0 Å². The summed E-state index contributed by atoms with van der Waals surface area (Å²) >= 11 is 5.64. The average Bonchev–Trinajstić information content (AvgIpc) is 2.33.